The number of nitrogens with zero attached hydrogens (tertiary/aromatic N) is 1. The van der Waals surface area contributed by atoms with E-state index in [2.05, 4.69) is 54.5 Å². The number of carbonyl (C=O) groups is 7. The fourth-order valence-electron chi connectivity index (χ4n) is 3.83. The summed E-state index contributed by atoms with van der Waals surface area (Å²) in [6.07, 6.45) is 1.11. The number of hydrogen-bond donors (Lipinski definition) is 12. The lowest BCUT2D eigenvalue weighted by atomic mass is 10.0. The Morgan fingerprint density at radius 1 is 0.826 bits per heavy atom. The van der Waals surface area contributed by atoms with Gasteiger partial charge in [0.25, 0.3) is 0 Å². The van der Waals surface area contributed by atoms with Crippen molar-refractivity contribution >= 4 is 54.0 Å². The summed E-state index contributed by atoms with van der Waals surface area (Å²) in [5, 5.41) is 43.1. The topological polar surface area (TPSA) is 307 Å². The lowest BCUT2D eigenvalue weighted by Crippen LogP contribution is -2.61. The number of carboxylic acid groups (broad SMARTS) is 1. The summed E-state index contributed by atoms with van der Waals surface area (Å²) in [6.45, 7) is 4.49. The molecule has 1 heterocycles. The van der Waals surface area contributed by atoms with Gasteiger partial charge in [-0.2, -0.15) is 12.6 Å². The molecule has 7 atom stereocenters. The number of aromatic nitrogens is 2. The lowest BCUT2D eigenvalue weighted by molar-refractivity contribution is -0.142. The van der Waals surface area contributed by atoms with Gasteiger partial charge in [-0.05, 0) is 19.8 Å². The predicted molar refractivity (Wildman–Crippen MR) is 164 cm³/mol. The van der Waals surface area contributed by atoms with Gasteiger partial charge < -0.3 is 57.9 Å². The number of imidazole rings is 1. The summed E-state index contributed by atoms with van der Waals surface area (Å²) in [4.78, 5) is 93.8. The molecule has 19 nitrogen and oxygen atoms in total. The molecule has 0 bridgehead atoms. The van der Waals surface area contributed by atoms with Crippen molar-refractivity contribution in [3.63, 3.8) is 0 Å². The Bertz CT molecular complexity index is 1210. The summed E-state index contributed by atoms with van der Waals surface area (Å²) in [5.41, 5.74) is 5.70. The first-order valence-corrected chi connectivity index (χ1v) is 14.8. The van der Waals surface area contributed by atoms with Gasteiger partial charge in [0.15, 0.2) is 0 Å². The third-order valence-electron chi connectivity index (χ3n) is 6.49. The van der Waals surface area contributed by atoms with Crippen molar-refractivity contribution in [1.29, 1.82) is 0 Å². The minimum atomic E-state index is -1.59. The maximum absolute atomic E-state index is 12.9. The van der Waals surface area contributed by atoms with Gasteiger partial charge in [-0.15, -0.1) is 0 Å². The van der Waals surface area contributed by atoms with Crippen LogP contribution in [0.15, 0.2) is 12.5 Å². The van der Waals surface area contributed by atoms with E-state index in [-0.39, 0.29) is 18.7 Å². The summed E-state index contributed by atoms with van der Waals surface area (Å²) in [5.74, 6) is -7.26. The number of carboxylic acids is 1. The number of aliphatic carboxylic acids is 1. The molecule has 0 radical (unpaired) electrons. The SMILES string of the molecule is CC(C)[C@H](NC(=O)CN)C(=O)N[C@H](C(=O)N[C@@H](C)C(=O)N[C@@H](CS)C(=O)N[C@@H](CO)C(=O)N[C@@H](Cc1cnc[nH]1)C(=O)O)[C@@H](C)O. The van der Waals surface area contributed by atoms with Crippen molar-refractivity contribution in [2.24, 2.45) is 11.7 Å². The molecule has 258 valence electrons. The van der Waals surface area contributed by atoms with Gasteiger partial charge in [0.05, 0.1) is 25.6 Å². The quantitative estimate of drug-likeness (QED) is 0.0614. The highest BCUT2D eigenvalue weighted by Crippen LogP contribution is 2.05. The second kappa shape index (κ2) is 19.3. The summed E-state index contributed by atoms with van der Waals surface area (Å²) in [6, 6.07) is -8.30. The zero-order chi connectivity index (χ0) is 35.1. The highest BCUT2D eigenvalue weighted by Gasteiger charge is 2.34. The van der Waals surface area contributed by atoms with Gasteiger partial charge in [0, 0.05) is 24.1 Å². The molecule has 0 unspecified atom stereocenters. The average Bonchev–Trinajstić information content (AvgIpc) is 3.51. The van der Waals surface area contributed by atoms with Crippen molar-refractivity contribution in [1.82, 2.24) is 41.9 Å². The third-order valence-corrected chi connectivity index (χ3v) is 6.86. The summed E-state index contributed by atoms with van der Waals surface area (Å²) < 4.78 is 0. The molecule has 46 heavy (non-hydrogen) atoms. The highest BCUT2D eigenvalue weighted by atomic mass is 32.1. The first-order chi connectivity index (χ1) is 21.6. The van der Waals surface area contributed by atoms with Crippen LogP contribution >= 0.6 is 12.6 Å². The third kappa shape index (κ3) is 12.6. The Balaban J connectivity index is 2.84. The Morgan fingerprint density at radius 3 is 1.87 bits per heavy atom. The van der Waals surface area contributed by atoms with Crippen molar-refractivity contribution < 1.29 is 48.9 Å². The zero-order valence-corrected chi connectivity index (χ0v) is 26.7. The molecule has 12 N–H and O–H groups in total. The number of aliphatic hydroxyl groups is 2. The van der Waals surface area contributed by atoms with E-state index >= 15 is 0 Å². The van der Waals surface area contributed by atoms with E-state index in [0.29, 0.717) is 5.69 Å². The average molecular weight is 674 g/mol. The largest absolute Gasteiger partial charge is 0.480 e. The molecule has 0 aliphatic rings. The molecule has 0 fully saturated rings. The van der Waals surface area contributed by atoms with Crippen LogP contribution in [0.25, 0.3) is 0 Å². The molecule has 1 rings (SSSR count). The fraction of sp³-hybridized carbons (Fsp3) is 0.615. The molecule has 0 spiro atoms. The van der Waals surface area contributed by atoms with Crippen molar-refractivity contribution in [2.75, 3.05) is 18.9 Å². The maximum atomic E-state index is 12.9. The van der Waals surface area contributed by atoms with Crippen LogP contribution in [-0.4, -0.2) is 128 Å². The van der Waals surface area contributed by atoms with Crippen LogP contribution in [0.4, 0.5) is 0 Å². The van der Waals surface area contributed by atoms with Crippen molar-refractivity contribution in [2.45, 2.75) is 76.5 Å². The fourth-order valence-corrected chi connectivity index (χ4v) is 4.09. The Labute approximate surface area is 270 Å². The molecule has 0 saturated carbocycles. The number of nitrogens with two attached hydrogens (primary N) is 1. The molecule has 0 saturated heterocycles. The molecule has 0 aliphatic heterocycles. The monoisotopic (exact) mass is 673 g/mol. The molecule has 0 aliphatic carbocycles. The molecule has 0 aromatic carbocycles. The smallest absolute Gasteiger partial charge is 0.326 e. The minimum Gasteiger partial charge on any atom is -0.480 e. The standard InChI is InChI=1S/C26H43N9O10S/c1-11(2)19(34-18(38)6-27)24(42)35-20(13(4)37)25(43)30-12(3)21(39)33-17(9-46)23(41)32-16(8-36)22(40)31-15(26(44)45)5-14-7-28-10-29-14/h7,10-13,15-17,19-20,36-37,46H,5-6,8-9,27H2,1-4H3,(H,28,29)(H,30,43)(H,31,40)(H,32,41)(H,33,39)(H,34,38)(H,35,42)(H,44,45)/t12-,13+,15-,16-,17-,19-,20-/m0/s1. The zero-order valence-electron chi connectivity index (χ0n) is 25.8. The van der Waals surface area contributed by atoms with Crippen LogP contribution in [0.2, 0.25) is 0 Å². The lowest BCUT2D eigenvalue weighted by Gasteiger charge is -2.27. The second-order valence-electron chi connectivity index (χ2n) is 10.6. The number of rotatable bonds is 19. The number of thiol groups is 1. The second-order valence-corrected chi connectivity index (χ2v) is 11.0. The molecule has 1 aromatic rings. The predicted octanol–water partition coefficient (Wildman–Crippen LogP) is -5.12. The van der Waals surface area contributed by atoms with Gasteiger partial charge in [0.1, 0.15) is 36.3 Å². The number of amides is 6. The summed E-state index contributed by atoms with van der Waals surface area (Å²) in [7, 11) is 0. The van der Waals surface area contributed by atoms with Gasteiger partial charge in [-0.1, -0.05) is 13.8 Å². The highest BCUT2D eigenvalue weighted by molar-refractivity contribution is 7.80. The van der Waals surface area contributed by atoms with Crippen LogP contribution in [0.5, 0.6) is 0 Å². The minimum absolute atomic E-state index is 0.158. The maximum Gasteiger partial charge on any atom is 0.326 e. The van der Waals surface area contributed by atoms with E-state index in [1.54, 1.807) is 13.8 Å². The van der Waals surface area contributed by atoms with E-state index in [9.17, 15) is 48.9 Å². The number of H-pyrrole nitrogens is 1. The van der Waals surface area contributed by atoms with Crippen LogP contribution in [-0.2, 0) is 40.0 Å². The van der Waals surface area contributed by atoms with Gasteiger partial charge >= 0.3 is 5.97 Å². The number of nitrogens with one attached hydrogen (secondary N) is 7. The van der Waals surface area contributed by atoms with E-state index in [1.807, 2.05) is 0 Å². The Kier molecular flexibility index (Phi) is 16.7. The number of carbonyl (C=O) groups excluding carboxylic acids is 6. The van der Waals surface area contributed by atoms with E-state index < -0.39 is 96.3 Å². The van der Waals surface area contributed by atoms with Crippen LogP contribution in [0, 0.1) is 5.92 Å². The van der Waals surface area contributed by atoms with Gasteiger partial charge in [-0.25, -0.2) is 9.78 Å². The van der Waals surface area contributed by atoms with Crippen LogP contribution < -0.4 is 37.6 Å². The van der Waals surface area contributed by atoms with Crippen LogP contribution in [0.3, 0.4) is 0 Å². The Morgan fingerprint density at radius 2 is 1.39 bits per heavy atom. The molecule has 1 aromatic heterocycles. The molecular weight excluding hydrogens is 630 g/mol. The first-order valence-electron chi connectivity index (χ1n) is 14.2. The molecular formula is C26H43N9O10S. The van der Waals surface area contributed by atoms with Crippen molar-refractivity contribution in [3.8, 4) is 0 Å². The van der Waals surface area contributed by atoms with E-state index in [4.69, 9.17) is 5.73 Å². The molecule has 6 amide bonds. The van der Waals surface area contributed by atoms with Gasteiger partial charge in [-0.3, -0.25) is 28.8 Å². The first kappa shape index (κ1) is 39.8. The Hall–Kier alpha value is -4.27. The number of hydrogen-bond acceptors (Lipinski definition) is 12. The van der Waals surface area contributed by atoms with E-state index in [0.717, 1.165) is 0 Å². The van der Waals surface area contributed by atoms with Crippen molar-refractivity contribution in [3.05, 3.63) is 18.2 Å². The molecule has 20 heteroatoms. The number of aromatic amines is 1. The summed E-state index contributed by atoms with van der Waals surface area (Å²) >= 11 is 4.03. The number of aliphatic hydroxyl groups excluding tert-OH is 2. The van der Waals surface area contributed by atoms with E-state index in [1.165, 1.54) is 26.4 Å². The normalized spacial score (nSPS) is 15.6. The van der Waals surface area contributed by atoms with Gasteiger partial charge in [0.2, 0.25) is 35.4 Å². The van der Waals surface area contributed by atoms with Crippen LogP contribution in [0.1, 0.15) is 33.4 Å².